The SMILES string of the molecule is Cc1ccccc1OCC(=O)N[C@H](CC(=O)O)C(=O)O. The first-order valence-electron chi connectivity index (χ1n) is 5.82. The van der Waals surface area contributed by atoms with E-state index in [4.69, 9.17) is 14.9 Å². The summed E-state index contributed by atoms with van der Waals surface area (Å²) in [5.41, 5.74) is 0.834. The predicted octanol–water partition coefficient (Wildman–Crippen LogP) is 0.418. The minimum atomic E-state index is -1.47. The number of carbonyl (C=O) groups excluding carboxylic acids is 1. The van der Waals surface area contributed by atoms with Gasteiger partial charge >= 0.3 is 11.9 Å². The molecule has 7 nitrogen and oxygen atoms in total. The third-order valence-corrected chi connectivity index (χ3v) is 2.46. The zero-order valence-corrected chi connectivity index (χ0v) is 10.8. The zero-order valence-electron chi connectivity index (χ0n) is 10.8. The molecule has 0 bridgehead atoms. The normalized spacial score (nSPS) is 11.4. The molecule has 0 fully saturated rings. The van der Waals surface area contributed by atoms with Gasteiger partial charge in [-0.25, -0.2) is 4.79 Å². The molecule has 0 aliphatic rings. The molecule has 1 aromatic carbocycles. The van der Waals surface area contributed by atoms with Gasteiger partial charge in [-0.1, -0.05) is 18.2 Å². The van der Waals surface area contributed by atoms with Crippen molar-refractivity contribution in [3.05, 3.63) is 29.8 Å². The van der Waals surface area contributed by atoms with Crippen LogP contribution in [0.4, 0.5) is 0 Å². The fraction of sp³-hybridized carbons (Fsp3) is 0.308. The lowest BCUT2D eigenvalue weighted by atomic mass is 10.2. The highest BCUT2D eigenvalue weighted by atomic mass is 16.5. The van der Waals surface area contributed by atoms with E-state index in [9.17, 15) is 14.4 Å². The molecule has 1 atom stereocenters. The molecule has 1 aromatic rings. The van der Waals surface area contributed by atoms with Crippen LogP contribution in [0.2, 0.25) is 0 Å². The van der Waals surface area contributed by atoms with Crippen molar-refractivity contribution < 1.29 is 29.3 Å². The quantitative estimate of drug-likeness (QED) is 0.667. The highest BCUT2D eigenvalue weighted by molar-refractivity contribution is 5.87. The molecule has 0 heterocycles. The zero-order chi connectivity index (χ0) is 15.1. The van der Waals surface area contributed by atoms with E-state index in [1.165, 1.54) is 0 Å². The third kappa shape index (κ3) is 4.97. The first kappa shape index (κ1) is 15.5. The number of hydrogen-bond acceptors (Lipinski definition) is 4. The number of ether oxygens (including phenoxy) is 1. The van der Waals surface area contributed by atoms with Gasteiger partial charge in [0.15, 0.2) is 6.61 Å². The number of carboxylic acid groups (broad SMARTS) is 2. The van der Waals surface area contributed by atoms with Gasteiger partial charge < -0.3 is 20.3 Å². The molecule has 0 aliphatic heterocycles. The van der Waals surface area contributed by atoms with Gasteiger partial charge in [0.1, 0.15) is 11.8 Å². The highest BCUT2D eigenvalue weighted by Crippen LogP contribution is 2.15. The topological polar surface area (TPSA) is 113 Å². The number of aliphatic carboxylic acids is 2. The summed E-state index contributed by atoms with van der Waals surface area (Å²) in [7, 11) is 0. The molecule has 0 saturated heterocycles. The van der Waals surface area contributed by atoms with Gasteiger partial charge in [0.25, 0.3) is 5.91 Å². The highest BCUT2D eigenvalue weighted by Gasteiger charge is 2.23. The van der Waals surface area contributed by atoms with Crippen LogP contribution in [0.5, 0.6) is 5.75 Å². The average Bonchev–Trinajstić information content (AvgIpc) is 2.36. The Morgan fingerprint density at radius 3 is 2.45 bits per heavy atom. The average molecular weight is 281 g/mol. The van der Waals surface area contributed by atoms with Crippen LogP contribution in [0.1, 0.15) is 12.0 Å². The smallest absolute Gasteiger partial charge is 0.326 e. The summed E-state index contributed by atoms with van der Waals surface area (Å²) >= 11 is 0. The summed E-state index contributed by atoms with van der Waals surface area (Å²) < 4.78 is 5.23. The van der Waals surface area contributed by atoms with Crippen molar-refractivity contribution in [2.45, 2.75) is 19.4 Å². The molecule has 108 valence electrons. The lowest BCUT2D eigenvalue weighted by molar-refractivity contribution is -0.147. The molecule has 3 N–H and O–H groups in total. The number of carbonyl (C=O) groups is 3. The van der Waals surface area contributed by atoms with Gasteiger partial charge in [-0.15, -0.1) is 0 Å². The first-order valence-corrected chi connectivity index (χ1v) is 5.82. The monoisotopic (exact) mass is 281 g/mol. The number of amides is 1. The molecule has 0 aliphatic carbocycles. The summed E-state index contributed by atoms with van der Waals surface area (Å²) in [6.45, 7) is 1.42. The van der Waals surface area contributed by atoms with Crippen molar-refractivity contribution in [1.29, 1.82) is 0 Å². The van der Waals surface area contributed by atoms with E-state index in [0.717, 1.165) is 5.56 Å². The molecule has 1 amide bonds. The van der Waals surface area contributed by atoms with Gasteiger partial charge in [-0.05, 0) is 18.6 Å². The molecular weight excluding hydrogens is 266 g/mol. The van der Waals surface area contributed by atoms with Crippen LogP contribution < -0.4 is 10.1 Å². The summed E-state index contributed by atoms with van der Waals surface area (Å²) in [6, 6.07) is 5.56. The number of para-hydroxylation sites is 1. The van der Waals surface area contributed by atoms with E-state index >= 15 is 0 Å². The predicted molar refractivity (Wildman–Crippen MR) is 68.5 cm³/mol. The molecule has 20 heavy (non-hydrogen) atoms. The number of rotatable bonds is 7. The molecule has 0 spiro atoms. The number of carboxylic acids is 2. The molecular formula is C13H15NO6. The van der Waals surface area contributed by atoms with Crippen LogP contribution >= 0.6 is 0 Å². The van der Waals surface area contributed by atoms with Gasteiger partial charge in [0.2, 0.25) is 0 Å². The van der Waals surface area contributed by atoms with E-state index in [0.29, 0.717) is 5.75 Å². The van der Waals surface area contributed by atoms with Crippen LogP contribution in [-0.2, 0) is 14.4 Å². The maximum Gasteiger partial charge on any atom is 0.326 e. The van der Waals surface area contributed by atoms with Crippen molar-refractivity contribution in [2.24, 2.45) is 0 Å². The molecule has 0 saturated carbocycles. The minimum Gasteiger partial charge on any atom is -0.484 e. The maximum atomic E-state index is 11.5. The lowest BCUT2D eigenvalue weighted by Crippen LogP contribution is -2.44. The van der Waals surface area contributed by atoms with E-state index in [2.05, 4.69) is 5.32 Å². The van der Waals surface area contributed by atoms with E-state index in [-0.39, 0.29) is 6.61 Å². The number of benzene rings is 1. The van der Waals surface area contributed by atoms with Crippen LogP contribution in [0.15, 0.2) is 24.3 Å². The van der Waals surface area contributed by atoms with Crippen LogP contribution in [-0.4, -0.2) is 40.7 Å². The van der Waals surface area contributed by atoms with Crippen LogP contribution in [0, 0.1) is 6.92 Å². The summed E-state index contributed by atoms with van der Waals surface area (Å²) in [5, 5.41) is 19.4. The standard InChI is InChI=1S/C13H15NO6/c1-8-4-2-3-5-10(8)20-7-11(15)14-9(13(18)19)6-12(16)17/h2-5,9H,6-7H2,1H3,(H,14,15)(H,16,17)(H,18,19)/t9-/m1/s1. The third-order valence-electron chi connectivity index (χ3n) is 2.46. The van der Waals surface area contributed by atoms with Crippen molar-refractivity contribution in [2.75, 3.05) is 6.61 Å². The molecule has 0 aromatic heterocycles. The Morgan fingerprint density at radius 1 is 1.25 bits per heavy atom. The first-order chi connectivity index (χ1) is 9.40. The fourth-order valence-electron chi connectivity index (χ4n) is 1.47. The second kappa shape index (κ2) is 7.13. The molecule has 7 heteroatoms. The van der Waals surface area contributed by atoms with Gasteiger partial charge in [0.05, 0.1) is 6.42 Å². The van der Waals surface area contributed by atoms with E-state index in [1.807, 2.05) is 6.07 Å². The summed E-state index contributed by atoms with van der Waals surface area (Å²) in [6.07, 6.45) is -0.689. The van der Waals surface area contributed by atoms with Crippen molar-refractivity contribution in [3.63, 3.8) is 0 Å². The lowest BCUT2D eigenvalue weighted by Gasteiger charge is -2.13. The number of aryl methyl sites for hydroxylation is 1. The Kier molecular flexibility index (Phi) is 5.52. The number of nitrogens with one attached hydrogen (secondary N) is 1. The van der Waals surface area contributed by atoms with Gasteiger partial charge in [-0.3, -0.25) is 9.59 Å². The van der Waals surface area contributed by atoms with Crippen molar-refractivity contribution in [3.8, 4) is 5.75 Å². The Morgan fingerprint density at radius 2 is 1.90 bits per heavy atom. The Balaban J connectivity index is 2.52. The second-order valence-corrected chi connectivity index (χ2v) is 4.11. The van der Waals surface area contributed by atoms with Crippen LogP contribution in [0.3, 0.4) is 0 Å². The fourth-order valence-corrected chi connectivity index (χ4v) is 1.47. The van der Waals surface area contributed by atoms with Gasteiger partial charge in [0, 0.05) is 0 Å². The maximum absolute atomic E-state index is 11.5. The summed E-state index contributed by atoms with van der Waals surface area (Å²) in [5.74, 6) is -2.90. The van der Waals surface area contributed by atoms with Crippen LogP contribution in [0.25, 0.3) is 0 Å². The molecule has 0 radical (unpaired) electrons. The second-order valence-electron chi connectivity index (χ2n) is 4.11. The van der Waals surface area contributed by atoms with Gasteiger partial charge in [-0.2, -0.15) is 0 Å². The minimum absolute atomic E-state index is 0.381. The largest absolute Gasteiger partial charge is 0.484 e. The van der Waals surface area contributed by atoms with Crippen molar-refractivity contribution in [1.82, 2.24) is 5.32 Å². The summed E-state index contributed by atoms with van der Waals surface area (Å²) in [4.78, 5) is 32.8. The Hall–Kier alpha value is -2.57. The molecule has 0 unspecified atom stereocenters. The van der Waals surface area contributed by atoms with E-state index < -0.39 is 30.3 Å². The Labute approximate surface area is 115 Å². The molecule has 1 rings (SSSR count). The van der Waals surface area contributed by atoms with E-state index in [1.54, 1.807) is 25.1 Å². The Bertz CT molecular complexity index is 513. The number of hydrogen-bond donors (Lipinski definition) is 3. The van der Waals surface area contributed by atoms with Crippen molar-refractivity contribution >= 4 is 17.8 Å².